The number of rotatable bonds is 7. The SMILES string of the molecule is CCC(CC)N1CC(C(=O)N(C)CC(C)(C)CN)CC1=O. The minimum absolute atomic E-state index is 0.0679. The van der Waals surface area contributed by atoms with E-state index in [1.54, 1.807) is 4.90 Å². The highest BCUT2D eigenvalue weighted by Gasteiger charge is 2.38. The lowest BCUT2D eigenvalue weighted by molar-refractivity contribution is -0.135. The molecular weight excluding hydrogens is 266 g/mol. The van der Waals surface area contributed by atoms with Crippen LogP contribution in [0, 0.1) is 11.3 Å². The van der Waals surface area contributed by atoms with Gasteiger partial charge in [0.2, 0.25) is 11.8 Å². The Labute approximate surface area is 128 Å². The molecule has 0 bridgehead atoms. The Bertz CT molecular complexity index is 378. The summed E-state index contributed by atoms with van der Waals surface area (Å²) in [5.74, 6) is -0.0106. The Hall–Kier alpha value is -1.10. The zero-order valence-electron chi connectivity index (χ0n) is 14.2. The molecule has 0 spiro atoms. The van der Waals surface area contributed by atoms with E-state index in [9.17, 15) is 9.59 Å². The minimum atomic E-state index is -0.198. The second kappa shape index (κ2) is 7.25. The van der Waals surface area contributed by atoms with E-state index in [2.05, 4.69) is 13.8 Å². The summed E-state index contributed by atoms with van der Waals surface area (Å²) in [5.41, 5.74) is 5.63. The van der Waals surface area contributed by atoms with Crippen molar-refractivity contribution in [3.8, 4) is 0 Å². The van der Waals surface area contributed by atoms with E-state index in [-0.39, 0.29) is 29.2 Å². The number of hydrogen-bond acceptors (Lipinski definition) is 3. The second-order valence-electron chi connectivity index (χ2n) is 6.98. The average Bonchev–Trinajstić information content (AvgIpc) is 2.81. The van der Waals surface area contributed by atoms with E-state index in [1.807, 2.05) is 25.8 Å². The van der Waals surface area contributed by atoms with Crippen molar-refractivity contribution >= 4 is 11.8 Å². The summed E-state index contributed by atoms with van der Waals surface area (Å²) in [4.78, 5) is 28.3. The van der Waals surface area contributed by atoms with Crippen LogP contribution in [0.5, 0.6) is 0 Å². The third kappa shape index (κ3) is 4.43. The highest BCUT2D eigenvalue weighted by atomic mass is 16.2. The molecule has 1 unspecified atom stereocenters. The summed E-state index contributed by atoms with van der Waals surface area (Å²) in [6.45, 7) is 10.0. The van der Waals surface area contributed by atoms with Gasteiger partial charge in [-0.2, -0.15) is 0 Å². The molecule has 5 nitrogen and oxygen atoms in total. The Morgan fingerprint density at radius 1 is 1.43 bits per heavy atom. The fourth-order valence-corrected chi connectivity index (χ4v) is 3.08. The van der Waals surface area contributed by atoms with Gasteiger partial charge in [0.1, 0.15) is 0 Å². The summed E-state index contributed by atoms with van der Waals surface area (Å²) < 4.78 is 0. The van der Waals surface area contributed by atoms with Crippen molar-refractivity contribution in [2.45, 2.75) is 53.0 Å². The van der Waals surface area contributed by atoms with Crippen molar-refractivity contribution < 1.29 is 9.59 Å². The monoisotopic (exact) mass is 297 g/mol. The normalized spacial score (nSPS) is 19.5. The maximum absolute atomic E-state index is 12.5. The lowest BCUT2D eigenvalue weighted by Gasteiger charge is -2.31. The summed E-state index contributed by atoms with van der Waals surface area (Å²) in [6.07, 6.45) is 2.24. The first-order valence-corrected chi connectivity index (χ1v) is 8.00. The van der Waals surface area contributed by atoms with Gasteiger partial charge in [-0.05, 0) is 24.8 Å². The molecule has 1 fully saturated rings. The van der Waals surface area contributed by atoms with Crippen molar-refractivity contribution in [1.82, 2.24) is 9.80 Å². The topological polar surface area (TPSA) is 66.6 Å². The smallest absolute Gasteiger partial charge is 0.227 e. The molecule has 1 saturated heterocycles. The van der Waals surface area contributed by atoms with Crippen molar-refractivity contribution in [3.63, 3.8) is 0 Å². The van der Waals surface area contributed by atoms with E-state index >= 15 is 0 Å². The van der Waals surface area contributed by atoms with Gasteiger partial charge in [-0.3, -0.25) is 9.59 Å². The molecule has 0 aliphatic carbocycles. The molecule has 5 heteroatoms. The molecule has 0 radical (unpaired) electrons. The van der Waals surface area contributed by atoms with Crippen LogP contribution in [0.2, 0.25) is 0 Å². The van der Waals surface area contributed by atoms with Gasteiger partial charge in [0.15, 0.2) is 0 Å². The lowest BCUT2D eigenvalue weighted by atomic mass is 9.92. The van der Waals surface area contributed by atoms with Crippen molar-refractivity contribution in [3.05, 3.63) is 0 Å². The number of carbonyl (C=O) groups excluding carboxylic acids is 2. The van der Waals surface area contributed by atoms with Gasteiger partial charge in [-0.1, -0.05) is 27.7 Å². The summed E-state index contributed by atoms with van der Waals surface area (Å²) in [7, 11) is 1.81. The van der Waals surface area contributed by atoms with Gasteiger partial charge in [-0.15, -0.1) is 0 Å². The Morgan fingerprint density at radius 2 is 2.00 bits per heavy atom. The number of nitrogens with two attached hydrogens (primary N) is 1. The zero-order chi connectivity index (χ0) is 16.2. The quantitative estimate of drug-likeness (QED) is 0.774. The van der Waals surface area contributed by atoms with Crippen molar-refractivity contribution in [2.75, 3.05) is 26.7 Å². The molecule has 2 amide bonds. The summed E-state index contributed by atoms with van der Waals surface area (Å²) in [5, 5.41) is 0. The van der Waals surface area contributed by atoms with Gasteiger partial charge in [0, 0.05) is 32.6 Å². The van der Waals surface area contributed by atoms with Crippen LogP contribution < -0.4 is 5.73 Å². The maximum atomic E-state index is 12.5. The molecule has 122 valence electrons. The van der Waals surface area contributed by atoms with Gasteiger partial charge in [0.25, 0.3) is 0 Å². The summed E-state index contributed by atoms with van der Waals surface area (Å²) >= 11 is 0. The number of amides is 2. The largest absolute Gasteiger partial charge is 0.345 e. The van der Waals surface area contributed by atoms with Crippen LogP contribution in [0.1, 0.15) is 47.0 Å². The Morgan fingerprint density at radius 3 is 2.48 bits per heavy atom. The molecule has 0 aromatic carbocycles. The van der Waals surface area contributed by atoms with Crippen LogP contribution in [0.4, 0.5) is 0 Å². The van der Waals surface area contributed by atoms with Crippen LogP contribution >= 0.6 is 0 Å². The molecule has 1 aliphatic heterocycles. The average molecular weight is 297 g/mol. The van der Waals surface area contributed by atoms with E-state index < -0.39 is 0 Å². The van der Waals surface area contributed by atoms with Gasteiger partial charge >= 0.3 is 0 Å². The molecule has 21 heavy (non-hydrogen) atoms. The first-order valence-electron chi connectivity index (χ1n) is 8.00. The van der Waals surface area contributed by atoms with Crippen LogP contribution in [0.15, 0.2) is 0 Å². The van der Waals surface area contributed by atoms with Crippen molar-refractivity contribution in [2.24, 2.45) is 17.1 Å². The number of nitrogens with zero attached hydrogens (tertiary/aromatic N) is 2. The van der Waals surface area contributed by atoms with Crippen LogP contribution in [-0.4, -0.2) is 54.3 Å². The van der Waals surface area contributed by atoms with Gasteiger partial charge in [-0.25, -0.2) is 0 Å². The number of carbonyl (C=O) groups is 2. The molecule has 1 atom stereocenters. The number of hydrogen-bond donors (Lipinski definition) is 1. The minimum Gasteiger partial charge on any atom is -0.345 e. The fraction of sp³-hybridized carbons (Fsp3) is 0.875. The van der Waals surface area contributed by atoms with E-state index in [4.69, 9.17) is 5.73 Å². The highest BCUT2D eigenvalue weighted by molar-refractivity contribution is 5.89. The third-order valence-electron chi connectivity index (χ3n) is 4.48. The van der Waals surface area contributed by atoms with Crippen molar-refractivity contribution in [1.29, 1.82) is 0 Å². The van der Waals surface area contributed by atoms with Crippen LogP contribution in [0.3, 0.4) is 0 Å². The highest BCUT2D eigenvalue weighted by Crippen LogP contribution is 2.25. The molecule has 1 rings (SSSR count). The molecular formula is C16H31N3O2. The predicted octanol–water partition coefficient (Wildman–Crippen LogP) is 1.47. The first-order chi connectivity index (χ1) is 9.75. The molecule has 2 N–H and O–H groups in total. The third-order valence-corrected chi connectivity index (χ3v) is 4.48. The van der Waals surface area contributed by atoms with Crippen LogP contribution in [-0.2, 0) is 9.59 Å². The number of likely N-dealkylation sites (tertiary alicyclic amines) is 1. The first kappa shape index (κ1) is 18.0. The predicted molar refractivity (Wildman–Crippen MR) is 84.7 cm³/mol. The Balaban J connectivity index is 2.67. The molecule has 0 aromatic heterocycles. The molecule has 0 aromatic rings. The Kier molecular flexibility index (Phi) is 6.20. The van der Waals surface area contributed by atoms with E-state index in [0.717, 1.165) is 12.8 Å². The second-order valence-corrected chi connectivity index (χ2v) is 6.98. The molecule has 1 aliphatic rings. The summed E-state index contributed by atoms with van der Waals surface area (Å²) in [6, 6.07) is 0.265. The molecule has 1 heterocycles. The van der Waals surface area contributed by atoms with Gasteiger partial charge in [0.05, 0.1) is 5.92 Å². The standard InChI is InChI=1S/C16H31N3O2/c1-6-13(7-2)19-9-12(8-14(19)20)15(21)18(5)11-16(3,4)10-17/h12-13H,6-11,17H2,1-5H3. The van der Waals surface area contributed by atoms with Gasteiger partial charge < -0.3 is 15.5 Å². The van der Waals surface area contributed by atoms with Crippen LogP contribution in [0.25, 0.3) is 0 Å². The lowest BCUT2D eigenvalue weighted by Crippen LogP contribution is -2.43. The fourth-order valence-electron chi connectivity index (χ4n) is 3.08. The molecule has 0 saturated carbocycles. The zero-order valence-corrected chi connectivity index (χ0v) is 14.2. The maximum Gasteiger partial charge on any atom is 0.227 e. The van der Waals surface area contributed by atoms with E-state index in [0.29, 0.717) is 26.1 Å². The van der Waals surface area contributed by atoms with E-state index in [1.165, 1.54) is 0 Å².